The maximum absolute atomic E-state index is 12.7. The predicted octanol–water partition coefficient (Wildman–Crippen LogP) is 22.0. The van der Waals surface area contributed by atoms with Crippen molar-refractivity contribution in [2.24, 2.45) is 0 Å². The molecule has 0 aliphatic heterocycles. The molecule has 1 aromatic heterocycles. The van der Waals surface area contributed by atoms with Crippen molar-refractivity contribution in [2.45, 2.75) is 163 Å². The Morgan fingerprint density at radius 1 is 0.488 bits per heavy atom. The number of nitrogens with zero attached hydrogens (tertiary/aromatic N) is 3. The molecule has 0 spiro atoms. The first-order valence-corrected chi connectivity index (χ1v) is 32.4. The summed E-state index contributed by atoms with van der Waals surface area (Å²) in [6, 6.07) is 49.5. The number of hydrogen-bond acceptors (Lipinski definition) is 7. The molecule has 0 atom stereocenters. The quantitative estimate of drug-likeness (QED) is 0.0138. The van der Waals surface area contributed by atoms with Crippen molar-refractivity contribution in [2.75, 3.05) is 31.3 Å². The second kappa shape index (κ2) is 29.7. The highest BCUT2D eigenvalue weighted by Gasteiger charge is 2.29. The van der Waals surface area contributed by atoms with E-state index in [-0.39, 0.29) is 5.57 Å². The Hall–Kier alpha value is -8.22. The maximum Gasteiger partial charge on any atom is 0.346 e. The minimum absolute atomic E-state index is 0.331. The Kier molecular flexibility index (Phi) is 21.0. The van der Waals surface area contributed by atoms with Crippen LogP contribution in [0.1, 0.15) is 167 Å². The van der Waals surface area contributed by atoms with Gasteiger partial charge in [-0.25, -0.2) is 4.79 Å². The monoisotopic (exact) mass is 1150 g/mol. The van der Waals surface area contributed by atoms with Crippen LogP contribution in [0.15, 0.2) is 139 Å². The van der Waals surface area contributed by atoms with Gasteiger partial charge in [-0.05, 0) is 167 Å². The van der Waals surface area contributed by atoms with E-state index in [4.69, 9.17) is 18.9 Å². The van der Waals surface area contributed by atoms with Gasteiger partial charge in [0.1, 0.15) is 40.3 Å². The molecule has 0 radical (unpaired) electrons. The van der Waals surface area contributed by atoms with Crippen molar-refractivity contribution in [1.29, 1.82) is 5.26 Å². The molecule has 1 N–H and O–H groups in total. The van der Waals surface area contributed by atoms with Crippen molar-refractivity contribution in [1.82, 2.24) is 4.57 Å². The largest absolute Gasteiger partial charge is 0.494 e. The number of hydrogen-bond donors (Lipinski definition) is 1. The molecule has 9 heteroatoms. The summed E-state index contributed by atoms with van der Waals surface area (Å²) >= 11 is 0. The van der Waals surface area contributed by atoms with Crippen LogP contribution in [0.2, 0.25) is 0 Å². The number of benzene rings is 9. The number of aliphatic carboxylic acids is 1. The van der Waals surface area contributed by atoms with Gasteiger partial charge in [-0.1, -0.05) is 179 Å². The summed E-state index contributed by atoms with van der Waals surface area (Å²) in [5.41, 5.74) is 9.19. The summed E-state index contributed by atoms with van der Waals surface area (Å²) in [6.07, 6.45) is 24.4. The highest BCUT2D eigenvalue weighted by molar-refractivity contribution is 6.42. The number of carboxylic acid groups (broad SMARTS) is 1. The highest BCUT2D eigenvalue weighted by atomic mass is 16.5. The lowest BCUT2D eigenvalue weighted by Crippen LogP contribution is -2.10. The van der Waals surface area contributed by atoms with Gasteiger partial charge >= 0.3 is 5.97 Å². The summed E-state index contributed by atoms with van der Waals surface area (Å²) in [5, 5.41) is 29.1. The molecule has 0 unspecified atom stereocenters. The average molecular weight is 1150 g/mol. The van der Waals surface area contributed by atoms with Gasteiger partial charge in [0.05, 0.1) is 37.5 Å². The van der Waals surface area contributed by atoms with Gasteiger partial charge in [0, 0.05) is 38.6 Å². The van der Waals surface area contributed by atoms with Gasteiger partial charge in [0.15, 0.2) is 0 Å². The SMILES string of the molecule is CCCCCCCCOc1cc(C)cc(OCCCCCCCC)c1-n1c2cc(/C=C(\C#N)C(=O)O)c3cccc4c5cccc6c(-c7ccc(N(c8ccc(OCCCCCC)cc8)c8ccc(OCCCCCC)cc8)cc7)cc1c(c65)c2c34. The molecule has 9 aromatic carbocycles. The lowest BCUT2D eigenvalue weighted by molar-refractivity contribution is -0.132. The molecule has 446 valence electrons. The van der Waals surface area contributed by atoms with Crippen molar-refractivity contribution in [3.63, 3.8) is 0 Å². The van der Waals surface area contributed by atoms with Crippen LogP contribution in [0.4, 0.5) is 17.1 Å². The fourth-order valence-corrected chi connectivity index (χ4v) is 12.6. The number of nitriles is 1. The number of fused-ring (bicyclic) bond motifs is 1. The van der Waals surface area contributed by atoms with E-state index in [1.54, 1.807) is 0 Å². The zero-order valence-corrected chi connectivity index (χ0v) is 51.6. The zero-order chi connectivity index (χ0) is 59.8. The van der Waals surface area contributed by atoms with Crippen molar-refractivity contribution in [3.05, 3.63) is 150 Å². The van der Waals surface area contributed by atoms with Crippen molar-refractivity contribution >= 4 is 83.2 Å². The molecule has 10 aromatic rings. The first-order chi connectivity index (χ1) is 42.3. The Bertz CT molecular complexity index is 3790. The number of ether oxygens (including phenoxy) is 4. The lowest BCUT2D eigenvalue weighted by atomic mass is 9.86. The van der Waals surface area contributed by atoms with E-state index < -0.39 is 5.97 Å². The summed E-state index contributed by atoms with van der Waals surface area (Å²) < 4.78 is 28.9. The Morgan fingerprint density at radius 3 is 1.37 bits per heavy atom. The Balaban J connectivity index is 1.15. The fourth-order valence-electron chi connectivity index (χ4n) is 12.6. The topological polar surface area (TPSA) is 106 Å². The standard InChI is InChI=1S/C77H87N3O6/c1-6-10-14-18-20-24-46-85-70-48-54(5)49-71(86-47-25-21-19-15-11-7-2)76(70)80-68-51-56(50-57(53-78)77(81)82)63-28-26-29-64-65-30-27-31-66-67(52-69(80)75(73(65)66)74(68)72(63)64)55-32-34-58(35-33-55)79(59-36-40-61(41-37-59)83-44-22-16-12-8-3)60-38-42-62(43-39-60)84-45-23-17-13-9-4/h26-43,48-52H,6-25,44-47H2,1-5H3,(H,81,82)/b57-50+. The second-order valence-electron chi connectivity index (χ2n) is 23.5. The first-order valence-electron chi connectivity index (χ1n) is 32.4. The van der Waals surface area contributed by atoms with E-state index in [1.165, 1.54) is 96.0 Å². The molecule has 1 heterocycles. The number of anilines is 3. The van der Waals surface area contributed by atoms with Crippen LogP contribution < -0.4 is 23.8 Å². The summed E-state index contributed by atoms with van der Waals surface area (Å²) in [4.78, 5) is 15.0. The Morgan fingerprint density at radius 2 is 0.895 bits per heavy atom. The van der Waals surface area contributed by atoms with E-state index in [9.17, 15) is 15.2 Å². The van der Waals surface area contributed by atoms with E-state index in [0.29, 0.717) is 32.0 Å². The van der Waals surface area contributed by atoms with Crippen molar-refractivity contribution in [3.8, 4) is 45.9 Å². The molecule has 0 bridgehead atoms. The molecular weight excluding hydrogens is 1060 g/mol. The normalized spacial score (nSPS) is 11.9. The maximum atomic E-state index is 12.7. The number of aryl methyl sites for hydroxylation is 1. The molecule has 0 fully saturated rings. The van der Waals surface area contributed by atoms with Gasteiger partial charge in [0.2, 0.25) is 0 Å². The van der Waals surface area contributed by atoms with Crippen LogP contribution in [0.25, 0.3) is 77.0 Å². The first kappa shape index (κ1) is 60.9. The smallest absolute Gasteiger partial charge is 0.346 e. The minimum Gasteiger partial charge on any atom is -0.494 e. The van der Waals surface area contributed by atoms with Gasteiger partial charge in [-0.3, -0.25) is 0 Å². The van der Waals surface area contributed by atoms with Gasteiger partial charge in [0.25, 0.3) is 0 Å². The van der Waals surface area contributed by atoms with Gasteiger partial charge in [-0.2, -0.15) is 5.26 Å². The molecular formula is C77H87N3O6. The van der Waals surface area contributed by atoms with Gasteiger partial charge < -0.3 is 33.5 Å². The van der Waals surface area contributed by atoms with Crippen LogP contribution in [-0.2, 0) is 4.79 Å². The van der Waals surface area contributed by atoms with E-state index in [0.717, 1.165) is 155 Å². The molecule has 10 rings (SSSR count). The fraction of sp³-hybridized carbons (Fsp3) is 0.377. The van der Waals surface area contributed by atoms with E-state index in [2.05, 4.69) is 171 Å². The molecule has 0 saturated carbocycles. The number of rotatable bonds is 35. The molecule has 0 amide bonds. The minimum atomic E-state index is -1.27. The van der Waals surface area contributed by atoms with Crippen LogP contribution >= 0.6 is 0 Å². The lowest BCUT2D eigenvalue weighted by Gasteiger charge is -2.26. The summed E-state index contributed by atoms with van der Waals surface area (Å²) in [7, 11) is 0. The third kappa shape index (κ3) is 13.7. The number of unbranched alkanes of at least 4 members (excludes halogenated alkanes) is 16. The van der Waals surface area contributed by atoms with Crippen LogP contribution in [0, 0.1) is 18.3 Å². The predicted molar refractivity (Wildman–Crippen MR) is 359 cm³/mol. The third-order valence-electron chi connectivity index (χ3n) is 17.1. The average Bonchev–Trinajstić information content (AvgIpc) is 1.48. The molecule has 0 aliphatic carbocycles. The number of carbonyl (C=O) groups is 1. The van der Waals surface area contributed by atoms with Crippen LogP contribution in [-0.4, -0.2) is 42.1 Å². The molecule has 0 aliphatic rings. The van der Waals surface area contributed by atoms with E-state index >= 15 is 0 Å². The highest BCUT2D eigenvalue weighted by Crippen LogP contribution is 2.52. The summed E-state index contributed by atoms with van der Waals surface area (Å²) in [6.45, 7) is 13.6. The third-order valence-corrected chi connectivity index (χ3v) is 17.1. The second-order valence-corrected chi connectivity index (χ2v) is 23.5. The molecule has 0 saturated heterocycles. The Labute approximate surface area is 509 Å². The molecule has 86 heavy (non-hydrogen) atoms. The van der Waals surface area contributed by atoms with Crippen molar-refractivity contribution < 1.29 is 28.8 Å². The number of aromatic nitrogens is 1. The van der Waals surface area contributed by atoms with Crippen LogP contribution in [0.5, 0.6) is 23.0 Å². The van der Waals surface area contributed by atoms with Crippen LogP contribution in [0.3, 0.4) is 0 Å². The zero-order valence-electron chi connectivity index (χ0n) is 51.6. The van der Waals surface area contributed by atoms with Gasteiger partial charge in [-0.15, -0.1) is 0 Å². The van der Waals surface area contributed by atoms with E-state index in [1.807, 2.05) is 12.1 Å². The summed E-state index contributed by atoms with van der Waals surface area (Å²) in [5.74, 6) is 1.93. The molecule has 9 nitrogen and oxygen atoms in total. The number of carboxylic acids is 1.